The Bertz CT molecular complexity index is 1250. The molecule has 1 aliphatic rings. The SMILES string of the molecule is CC(C(=O)Nc1cc(C2CC2)[nH]n1)c1cccc(-c2ccc(NC(=O)C=CCN(C)C)c(F)n2)c1. The van der Waals surface area contributed by atoms with Crippen molar-refractivity contribution >= 4 is 23.3 Å². The maximum Gasteiger partial charge on any atom is 0.248 e. The first-order chi connectivity index (χ1) is 16.8. The van der Waals surface area contributed by atoms with E-state index in [0.29, 0.717) is 29.5 Å². The van der Waals surface area contributed by atoms with Gasteiger partial charge in [0, 0.05) is 35.9 Å². The predicted octanol–water partition coefficient (Wildman–Crippen LogP) is 4.29. The molecule has 1 fully saturated rings. The van der Waals surface area contributed by atoms with Gasteiger partial charge in [0.2, 0.25) is 17.8 Å². The van der Waals surface area contributed by atoms with Crippen LogP contribution in [0.2, 0.25) is 0 Å². The molecule has 9 heteroatoms. The summed E-state index contributed by atoms with van der Waals surface area (Å²) in [5.74, 6) is -0.808. The Hall–Kier alpha value is -3.85. The minimum absolute atomic E-state index is 0.00160. The Morgan fingerprint density at radius 1 is 1.20 bits per heavy atom. The molecule has 0 radical (unpaired) electrons. The number of aromatic nitrogens is 3. The normalized spacial score (nSPS) is 14.3. The average molecular weight is 477 g/mol. The molecule has 1 unspecified atom stereocenters. The van der Waals surface area contributed by atoms with Crippen LogP contribution in [-0.4, -0.2) is 52.5 Å². The van der Waals surface area contributed by atoms with E-state index in [2.05, 4.69) is 25.8 Å². The molecule has 1 aliphatic carbocycles. The molecule has 0 bridgehead atoms. The Kier molecular flexibility index (Phi) is 7.36. The molecule has 2 amide bonds. The van der Waals surface area contributed by atoms with Gasteiger partial charge in [-0.3, -0.25) is 14.7 Å². The zero-order valence-corrected chi connectivity index (χ0v) is 20.0. The molecule has 1 aromatic carbocycles. The summed E-state index contributed by atoms with van der Waals surface area (Å²) in [6.45, 7) is 2.41. The van der Waals surface area contributed by atoms with Gasteiger partial charge in [0.1, 0.15) is 0 Å². The number of nitrogens with zero attached hydrogens (tertiary/aromatic N) is 3. The zero-order chi connectivity index (χ0) is 24.9. The Balaban J connectivity index is 1.42. The number of amides is 2. The molecule has 1 saturated carbocycles. The van der Waals surface area contributed by atoms with E-state index in [1.807, 2.05) is 37.2 Å². The van der Waals surface area contributed by atoms with Crippen molar-refractivity contribution in [2.24, 2.45) is 0 Å². The van der Waals surface area contributed by atoms with Crippen molar-refractivity contribution in [3.63, 3.8) is 0 Å². The number of nitrogens with one attached hydrogen (secondary N) is 3. The zero-order valence-electron chi connectivity index (χ0n) is 20.0. The lowest BCUT2D eigenvalue weighted by molar-refractivity contribution is -0.117. The number of halogens is 1. The highest BCUT2D eigenvalue weighted by atomic mass is 19.1. The molecule has 4 rings (SSSR count). The van der Waals surface area contributed by atoms with Crippen molar-refractivity contribution in [2.75, 3.05) is 31.3 Å². The summed E-state index contributed by atoms with van der Waals surface area (Å²) in [6.07, 6.45) is 5.35. The van der Waals surface area contributed by atoms with E-state index < -0.39 is 17.8 Å². The highest BCUT2D eigenvalue weighted by molar-refractivity contribution is 5.99. The lowest BCUT2D eigenvalue weighted by Crippen LogP contribution is -2.19. The third-order valence-electron chi connectivity index (χ3n) is 5.79. The van der Waals surface area contributed by atoms with E-state index in [-0.39, 0.29) is 11.6 Å². The van der Waals surface area contributed by atoms with Crippen LogP contribution in [0.15, 0.2) is 54.6 Å². The highest BCUT2D eigenvalue weighted by Gasteiger charge is 2.26. The minimum Gasteiger partial charge on any atom is -0.319 e. The molecule has 182 valence electrons. The van der Waals surface area contributed by atoms with E-state index in [9.17, 15) is 14.0 Å². The van der Waals surface area contributed by atoms with Crippen LogP contribution in [0, 0.1) is 5.95 Å². The molecule has 3 N–H and O–H groups in total. The predicted molar refractivity (Wildman–Crippen MR) is 134 cm³/mol. The van der Waals surface area contributed by atoms with E-state index >= 15 is 0 Å². The van der Waals surface area contributed by atoms with Gasteiger partial charge in [-0.05, 0) is 57.6 Å². The van der Waals surface area contributed by atoms with Crippen molar-refractivity contribution in [3.8, 4) is 11.3 Å². The van der Waals surface area contributed by atoms with Crippen LogP contribution >= 0.6 is 0 Å². The van der Waals surface area contributed by atoms with Crippen LogP contribution in [0.3, 0.4) is 0 Å². The molecule has 0 saturated heterocycles. The van der Waals surface area contributed by atoms with E-state index in [1.54, 1.807) is 31.2 Å². The van der Waals surface area contributed by atoms with Gasteiger partial charge in [-0.15, -0.1) is 0 Å². The number of rotatable bonds is 9. The summed E-state index contributed by atoms with van der Waals surface area (Å²) >= 11 is 0. The Morgan fingerprint density at radius 2 is 2.00 bits per heavy atom. The van der Waals surface area contributed by atoms with Crippen molar-refractivity contribution in [1.82, 2.24) is 20.1 Å². The monoisotopic (exact) mass is 476 g/mol. The maximum atomic E-state index is 14.6. The lowest BCUT2D eigenvalue weighted by Gasteiger charge is -2.13. The van der Waals surface area contributed by atoms with E-state index in [4.69, 9.17) is 0 Å². The summed E-state index contributed by atoms with van der Waals surface area (Å²) in [7, 11) is 3.77. The first-order valence-corrected chi connectivity index (χ1v) is 11.6. The average Bonchev–Trinajstić information content (AvgIpc) is 3.58. The Morgan fingerprint density at radius 3 is 2.71 bits per heavy atom. The van der Waals surface area contributed by atoms with Crippen LogP contribution in [-0.2, 0) is 9.59 Å². The van der Waals surface area contributed by atoms with Gasteiger partial charge in [-0.25, -0.2) is 4.98 Å². The van der Waals surface area contributed by atoms with Crippen molar-refractivity contribution in [3.05, 3.63) is 71.8 Å². The number of hydrogen-bond acceptors (Lipinski definition) is 5. The fourth-order valence-corrected chi connectivity index (χ4v) is 3.59. The molecule has 1 atom stereocenters. The van der Waals surface area contributed by atoms with Gasteiger partial charge < -0.3 is 15.5 Å². The molecule has 35 heavy (non-hydrogen) atoms. The number of H-pyrrole nitrogens is 1. The summed E-state index contributed by atoms with van der Waals surface area (Å²) in [6, 6.07) is 12.3. The van der Waals surface area contributed by atoms with Crippen LogP contribution < -0.4 is 10.6 Å². The number of benzene rings is 1. The maximum absolute atomic E-state index is 14.6. The number of carbonyl (C=O) groups is 2. The van der Waals surface area contributed by atoms with Crippen molar-refractivity contribution in [2.45, 2.75) is 31.6 Å². The number of hydrogen-bond donors (Lipinski definition) is 3. The molecular formula is C26H29FN6O2. The smallest absolute Gasteiger partial charge is 0.248 e. The molecule has 2 heterocycles. The lowest BCUT2D eigenvalue weighted by atomic mass is 9.97. The van der Waals surface area contributed by atoms with Crippen LogP contribution in [0.25, 0.3) is 11.3 Å². The summed E-state index contributed by atoms with van der Waals surface area (Å²) in [5, 5.41) is 12.5. The van der Waals surface area contributed by atoms with Crippen LogP contribution in [0.5, 0.6) is 0 Å². The van der Waals surface area contributed by atoms with Gasteiger partial charge in [-0.1, -0.05) is 24.3 Å². The molecular weight excluding hydrogens is 447 g/mol. The molecule has 3 aromatic rings. The number of pyridine rings is 1. The molecule has 0 spiro atoms. The summed E-state index contributed by atoms with van der Waals surface area (Å²) in [5.41, 5.74) is 2.89. The number of aromatic amines is 1. The van der Waals surface area contributed by atoms with Crippen LogP contribution in [0.1, 0.15) is 42.9 Å². The second-order valence-corrected chi connectivity index (χ2v) is 9.01. The second-order valence-electron chi connectivity index (χ2n) is 9.01. The van der Waals surface area contributed by atoms with Gasteiger partial charge >= 0.3 is 0 Å². The summed E-state index contributed by atoms with van der Waals surface area (Å²) in [4.78, 5) is 30.7. The van der Waals surface area contributed by atoms with E-state index in [0.717, 1.165) is 24.1 Å². The third kappa shape index (κ3) is 6.39. The largest absolute Gasteiger partial charge is 0.319 e. The quantitative estimate of drug-likeness (QED) is 0.316. The van der Waals surface area contributed by atoms with Gasteiger partial charge in [-0.2, -0.15) is 9.49 Å². The standard InChI is InChI=1S/C26H29FN6O2/c1-16(26(35)30-23-15-22(31-32-23)17-9-10-17)18-6-4-7-19(14-18)20-11-12-21(25(27)29-20)28-24(34)8-5-13-33(2)3/h4-8,11-12,14-17H,9-10,13H2,1-3H3,(H,28,34)(H2,30,31,32,35). The van der Waals surface area contributed by atoms with Crippen molar-refractivity contribution in [1.29, 1.82) is 0 Å². The van der Waals surface area contributed by atoms with Gasteiger partial charge in [0.05, 0.1) is 17.3 Å². The number of carbonyl (C=O) groups excluding carboxylic acids is 2. The molecule has 0 aliphatic heterocycles. The fourth-order valence-electron chi connectivity index (χ4n) is 3.59. The highest BCUT2D eigenvalue weighted by Crippen LogP contribution is 2.39. The first kappa shape index (κ1) is 24.3. The van der Waals surface area contributed by atoms with Crippen molar-refractivity contribution < 1.29 is 14.0 Å². The molecule has 2 aromatic heterocycles. The fraction of sp³-hybridized carbons (Fsp3) is 0.308. The topological polar surface area (TPSA) is 103 Å². The number of likely N-dealkylation sites (N-methyl/N-ethyl adjacent to an activating group) is 1. The van der Waals surface area contributed by atoms with Crippen LogP contribution in [0.4, 0.5) is 15.9 Å². The second kappa shape index (κ2) is 10.6. The van der Waals surface area contributed by atoms with Gasteiger partial charge in [0.15, 0.2) is 5.82 Å². The summed E-state index contributed by atoms with van der Waals surface area (Å²) < 4.78 is 14.6. The third-order valence-corrected chi connectivity index (χ3v) is 5.79. The first-order valence-electron chi connectivity index (χ1n) is 11.6. The molecule has 8 nitrogen and oxygen atoms in total. The van der Waals surface area contributed by atoms with E-state index in [1.165, 1.54) is 12.1 Å². The van der Waals surface area contributed by atoms with Gasteiger partial charge in [0.25, 0.3) is 0 Å². The number of anilines is 2. The minimum atomic E-state index is -0.780. The Labute approximate surface area is 203 Å².